The van der Waals surface area contributed by atoms with Gasteiger partial charge in [0.25, 0.3) is 0 Å². The van der Waals surface area contributed by atoms with E-state index in [1.54, 1.807) is 30.3 Å². The molecule has 13 heteroatoms. The molecule has 1 aromatic carbocycles. The van der Waals surface area contributed by atoms with Crippen molar-refractivity contribution in [3.63, 3.8) is 0 Å². The molecule has 0 radical (unpaired) electrons. The molecule has 0 saturated heterocycles. The summed E-state index contributed by atoms with van der Waals surface area (Å²) in [4.78, 5) is 71.4. The van der Waals surface area contributed by atoms with Crippen LogP contribution in [0.25, 0.3) is 0 Å². The van der Waals surface area contributed by atoms with Crippen molar-refractivity contribution < 1.29 is 39.0 Å². The lowest BCUT2D eigenvalue weighted by Gasteiger charge is -2.25. The van der Waals surface area contributed by atoms with Crippen LogP contribution in [0.15, 0.2) is 30.3 Å². The van der Waals surface area contributed by atoms with Gasteiger partial charge in [0.05, 0.1) is 6.04 Å². The molecule has 0 spiro atoms. The topological polar surface area (TPSA) is 231 Å². The quantitative estimate of drug-likeness (QED) is 0.146. The van der Waals surface area contributed by atoms with E-state index in [1.807, 2.05) is 0 Å². The first kappa shape index (κ1) is 29.0. The second-order valence-electron chi connectivity index (χ2n) is 7.94. The molecule has 0 aliphatic carbocycles. The molecule has 1 rings (SSSR count). The first-order valence-corrected chi connectivity index (χ1v) is 10.8. The van der Waals surface area contributed by atoms with Crippen molar-refractivity contribution in [2.45, 2.75) is 63.2 Å². The zero-order chi connectivity index (χ0) is 26.5. The summed E-state index contributed by atoms with van der Waals surface area (Å²) in [6, 6.07) is 3.74. The Morgan fingerprint density at radius 3 is 1.83 bits per heavy atom. The van der Waals surface area contributed by atoms with E-state index in [9.17, 15) is 33.9 Å². The monoisotopic (exact) mass is 493 g/mol. The average molecular weight is 494 g/mol. The predicted molar refractivity (Wildman–Crippen MR) is 123 cm³/mol. The van der Waals surface area contributed by atoms with E-state index in [2.05, 4.69) is 16.0 Å². The highest BCUT2D eigenvalue weighted by molar-refractivity contribution is 5.94. The smallest absolute Gasteiger partial charge is 0.326 e. The minimum atomic E-state index is -1.54. The van der Waals surface area contributed by atoms with Crippen molar-refractivity contribution in [2.75, 3.05) is 0 Å². The number of amides is 4. The highest BCUT2D eigenvalue weighted by Crippen LogP contribution is 2.07. The summed E-state index contributed by atoms with van der Waals surface area (Å²) in [5, 5.41) is 25.2. The van der Waals surface area contributed by atoms with Gasteiger partial charge in [-0.15, -0.1) is 0 Å². The number of benzene rings is 1. The van der Waals surface area contributed by atoms with Crippen LogP contribution < -0.4 is 27.4 Å². The molecular formula is C22H31N5O8. The molecule has 4 unspecified atom stereocenters. The van der Waals surface area contributed by atoms with Crippen molar-refractivity contribution in [2.24, 2.45) is 11.5 Å². The van der Waals surface area contributed by atoms with E-state index < -0.39 is 72.6 Å². The van der Waals surface area contributed by atoms with E-state index >= 15 is 0 Å². The van der Waals surface area contributed by atoms with Crippen LogP contribution in [-0.4, -0.2) is 69.9 Å². The van der Waals surface area contributed by atoms with Crippen LogP contribution in [0, 0.1) is 0 Å². The molecule has 0 heterocycles. The lowest BCUT2D eigenvalue weighted by molar-refractivity contribution is -0.143. The van der Waals surface area contributed by atoms with Crippen molar-refractivity contribution in [3.05, 3.63) is 35.9 Å². The maximum absolute atomic E-state index is 13.0. The molecule has 4 atom stereocenters. The van der Waals surface area contributed by atoms with Gasteiger partial charge in [0, 0.05) is 19.3 Å². The lowest BCUT2D eigenvalue weighted by Crippen LogP contribution is -2.57. The Balaban J connectivity index is 3.07. The van der Waals surface area contributed by atoms with Gasteiger partial charge >= 0.3 is 11.9 Å². The Labute approximate surface area is 201 Å². The number of hydrogen-bond donors (Lipinski definition) is 7. The number of primary amides is 1. The van der Waals surface area contributed by atoms with E-state index in [1.165, 1.54) is 6.92 Å². The largest absolute Gasteiger partial charge is 0.481 e. The number of carbonyl (C=O) groups excluding carboxylic acids is 4. The molecule has 192 valence electrons. The van der Waals surface area contributed by atoms with Crippen LogP contribution in [0.3, 0.4) is 0 Å². The molecule has 0 fully saturated rings. The number of carbonyl (C=O) groups is 6. The fraction of sp³-hybridized carbons (Fsp3) is 0.455. The molecule has 0 saturated carbocycles. The van der Waals surface area contributed by atoms with Gasteiger partial charge in [0.15, 0.2) is 0 Å². The Kier molecular flexibility index (Phi) is 11.9. The maximum atomic E-state index is 13.0. The highest BCUT2D eigenvalue weighted by atomic mass is 16.4. The number of aliphatic carboxylic acids is 2. The summed E-state index contributed by atoms with van der Waals surface area (Å²) >= 11 is 0. The summed E-state index contributed by atoms with van der Waals surface area (Å²) in [7, 11) is 0. The van der Waals surface area contributed by atoms with Gasteiger partial charge in [-0.2, -0.15) is 0 Å². The summed E-state index contributed by atoms with van der Waals surface area (Å²) in [6.07, 6.45) is -1.41. The standard InChI is InChI=1S/C22H31N5O8/c1-12(23)19(31)27-16(11-13-5-3-2-4-6-13)21(33)25-14(7-9-17(24)28)20(32)26-15(22(34)35)8-10-18(29)30/h2-6,12,14-16H,7-11,23H2,1H3,(H2,24,28)(H,25,33)(H,26,32)(H,27,31)(H,29,30)(H,34,35). The lowest BCUT2D eigenvalue weighted by atomic mass is 10.0. The van der Waals surface area contributed by atoms with Gasteiger partial charge in [-0.1, -0.05) is 30.3 Å². The molecule has 9 N–H and O–H groups in total. The molecular weight excluding hydrogens is 462 g/mol. The van der Waals surface area contributed by atoms with Crippen LogP contribution in [0.2, 0.25) is 0 Å². The minimum Gasteiger partial charge on any atom is -0.481 e. The van der Waals surface area contributed by atoms with Gasteiger partial charge in [0.1, 0.15) is 18.1 Å². The SMILES string of the molecule is CC(N)C(=O)NC(Cc1ccccc1)C(=O)NC(CCC(N)=O)C(=O)NC(CCC(=O)O)C(=O)O. The minimum absolute atomic E-state index is 0.0612. The first-order valence-electron chi connectivity index (χ1n) is 10.8. The van der Waals surface area contributed by atoms with Crippen molar-refractivity contribution >= 4 is 35.6 Å². The predicted octanol–water partition coefficient (Wildman–Crippen LogP) is -1.75. The molecule has 1 aromatic rings. The van der Waals surface area contributed by atoms with Gasteiger partial charge in [-0.25, -0.2) is 4.79 Å². The normalized spacial score (nSPS) is 14.0. The number of rotatable bonds is 15. The Hall–Kier alpha value is -4.00. The Morgan fingerprint density at radius 1 is 0.800 bits per heavy atom. The average Bonchev–Trinajstić information content (AvgIpc) is 2.78. The number of hydrogen-bond acceptors (Lipinski definition) is 7. The maximum Gasteiger partial charge on any atom is 0.326 e. The second-order valence-corrected chi connectivity index (χ2v) is 7.94. The third-order valence-electron chi connectivity index (χ3n) is 4.90. The number of nitrogens with one attached hydrogen (secondary N) is 3. The Bertz CT molecular complexity index is 922. The van der Waals surface area contributed by atoms with Crippen LogP contribution in [0.4, 0.5) is 0 Å². The van der Waals surface area contributed by atoms with Crippen molar-refractivity contribution in [1.82, 2.24) is 16.0 Å². The van der Waals surface area contributed by atoms with Crippen LogP contribution >= 0.6 is 0 Å². The molecule has 0 aliphatic rings. The van der Waals surface area contributed by atoms with E-state index in [-0.39, 0.29) is 19.3 Å². The number of carboxylic acid groups (broad SMARTS) is 2. The van der Waals surface area contributed by atoms with Crippen LogP contribution in [0.1, 0.15) is 38.2 Å². The van der Waals surface area contributed by atoms with Gasteiger partial charge in [-0.3, -0.25) is 24.0 Å². The fourth-order valence-electron chi connectivity index (χ4n) is 2.99. The summed E-state index contributed by atoms with van der Waals surface area (Å²) in [6.45, 7) is 1.43. The molecule has 35 heavy (non-hydrogen) atoms. The molecule has 0 aromatic heterocycles. The first-order chi connectivity index (χ1) is 16.4. The fourth-order valence-corrected chi connectivity index (χ4v) is 2.99. The van der Waals surface area contributed by atoms with Crippen LogP contribution in [-0.2, 0) is 35.2 Å². The summed E-state index contributed by atoms with van der Waals surface area (Å²) < 4.78 is 0. The zero-order valence-corrected chi connectivity index (χ0v) is 19.2. The van der Waals surface area contributed by atoms with Gasteiger partial charge < -0.3 is 37.6 Å². The summed E-state index contributed by atoms with van der Waals surface area (Å²) in [5.41, 5.74) is 11.4. The molecule has 0 aliphatic heterocycles. The zero-order valence-electron chi connectivity index (χ0n) is 19.2. The summed E-state index contributed by atoms with van der Waals surface area (Å²) in [5.74, 6) is -5.81. The second kappa shape index (κ2) is 14.3. The molecule has 4 amide bonds. The third-order valence-corrected chi connectivity index (χ3v) is 4.90. The van der Waals surface area contributed by atoms with Crippen molar-refractivity contribution in [1.29, 1.82) is 0 Å². The van der Waals surface area contributed by atoms with E-state index in [0.29, 0.717) is 5.56 Å². The van der Waals surface area contributed by atoms with Crippen LogP contribution in [0.5, 0.6) is 0 Å². The third kappa shape index (κ3) is 11.1. The van der Waals surface area contributed by atoms with Gasteiger partial charge in [-0.05, 0) is 25.3 Å². The number of carboxylic acids is 2. The highest BCUT2D eigenvalue weighted by Gasteiger charge is 2.30. The van der Waals surface area contributed by atoms with Gasteiger partial charge in [0.2, 0.25) is 23.6 Å². The molecule has 0 bridgehead atoms. The van der Waals surface area contributed by atoms with E-state index in [4.69, 9.17) is 16.6 Å². The van der Waals surface area contributed by atoms with Crippen molar-refractivity contribution in [3.8, 4) is 0 Å². The Morgan fingerprint density at radius 2 is 1.31 bits per heavy atom. The molecule has 13 nitrogen and oxygen atoms in total. The number of nitrogens with two attached hydrogens (primary N) is 2. The van der Waals surface area contributed by atoms with E-state index in [0.717, 1.165) is 0 Å².